The zero-order valence-corrected chi connectivity index (χ0v) is 14.5. The van der Waals surface area contributed by atoms with E-state index in [0.717, 1.165) is 14.6 Å². The van der Waals surface area contributed by atoms with Crippen molar-refractivity contribution in [3.8, 4) is 17.6 Å². The summed E-state index contributed by atoms with van der Waals surface area (Å²) in [6.07, 6.45) is 1.74. The lowest BCUT2D eigenvalue weighted by molar-refractivity contribution is 0.174. The van der Waals surface area contributed by atoms with Crippen molar-refractivity contribution in [3.63, 3.8) is 0 Å². The summed E-state index contributed by atoms with van der Waals surface area (Å²) in [5, 5.41) is 9.96. The molecular formula is C17H9ClN2O2S2. The average molecular weight is 373 g/mol. The number of hydrogen-bond acceptors (Lipinski definition) is 6. The number of aromatic nitrogens is 1. The molecule has 0 aliphatic carbocycles. The van der Waals surface area contributed by atoms with E-state index < -0.39 is 0 Å². The maximum atomic E-state index is 9.45. The zero-order valence-electron chi connectivity index (χ0n) is 12.2. The van der Waals surface area contributed by atoms with Gasteiger partial charge in [-0.1, -0.05) is 23.7 Å². The van der Waals surface area contributed by atoms with E-state index in [1.807, 2.05) is 24.3 Å². The van der Waals surface area contributed by atoms with E-state index in [4.69, 9.17) is 21.1 Å². The summed E-state index contributed by atoms with van der Waals surface area (Å²) in [6, 6.07) is 13.6. The molecule has 1 aromatic heterocycles. The molecule has 0 N–H and O–H groups in total. The predicted octanol–water partition coefficient (Wildman–Crippen LogP) is 5.34. The molecule has 1 aliphatic rings. The molecule has 2 heterocycles. The molecule has 0 unspecified atom stereocenters. The Hall–Kier alpha value is -2.20. The van der Waals surface area contributed by atoms with Crippen LogP contribution in [-0.4, -0.2) is 11.8 Å². The molecule has 0 bridgehead atoms. The number of allylic oxidation sites excluding steroid dienone is 1. The predicted molar refractivity (Wildman–Crippen MR) is 96.6 cm³/mol. The van der Waals surface area contributed by atoms with Gasteiger partial charge in [-0.05, 0) is 41.6 Å². The van der Waals surface area contributed by atoms with Crippen LogP contribution in [0.2, 0.25) is 5.02 Å². The van der Waals surface area contributed by atoms with E-state index in [2.05, 4.69) is 11.1 Å². The quantitative estimate of drug-likeness (QED) is 0.459. The molecule has 0 atom stereocenters. The Bertz CT molecular complexity index is 974. The summed E-state index contributed by atoms with van der Waals surface area (Å²) in [6.45, 7) is 0.185. The number of nitriles is 1. The highest BCUT2D eigenvalue weighted by molar-refractivity contribution is 8.05. The first-order chi connectivity index (χ1) is 11.7. The summed E-state index contributed by atoms with van der Waals surface area (Å²) in [7, 11) is 0. The zero-order chi connectivity index (χ0) is 16.5. The fourth-order valence-electron chi connectivity index (χ4n) is 2.26. The molecule has 0 saturated heterocycles. The van der Waals surface area contributed by atoms with Crippen LogP contribution in [0.1, 0.15) is 5.56 Å². The van der Waals surface area contributed by atoms with Gasteiger partial charge in [0, 0.05) is 6.07 Å². The number of benzene rings is 2. The van der Waals surface area contributed by atoms with Gasteiger partial charge in [0.1, 0.15) is 6.07 Å². The van der Waals surface area contributed by atoms with Gasteiger partial charge in [0.05, 0.1) is 20.1 Å². The molecule has 0 spiro atoms. The molecule has 0 radical (unpaired) electrons. The summed E-state index contributed by atoms with van der Waals surface area (Å²) in [4.78, 5) is 5.04. The van der Waals surface area contributed by atoms with Crippen molar-refractivity contribution >= 4 is 51.0 Å². The average Bonchev–Trinajstić information content (AvgIpc) is 3.19. The lowest BCUT2D eigenvalue weighted by atomic mass is 10.2. The van der Waals surface area contributed by atoms with Crippen LogP contribution in [0.5, 0.6) is 11.5 Å². The van der Waals surface area contributed by atoms with Gasteiger partial charge < -0.3 is 9.47 Å². The normalized spacial score (nSPS) is 13.2. The van der Waals surface area contributed by atoms with Crippen molar-refractivity contribution < 1.29 is 9.47 Å². The van der Waals surface area contributed by atoms with E-state index >= 15 is 0 Å². The fourth-order valence-corrected chi connectivity index (χ4v) is 4.43. The standard InChI is InChI=1S/C17H9ClN2O2S2/c18-12-7-15-14(21-9-22-15)6-10(12)5-11(8-19)23-17-20-13-3-1-2-4-16(13)24-17/h1-7H,9H2/b11-5+. The first kappa shape index (κ1) is 15.3. The number of ether oxygens (including phenoxy) is 2. The van der Waals surface area contributed by atoms with Gasteiger partial charge in [0.15, 0.2) is 15.8 Å². The Morgan fingerprint density at radius 2 is 2.08 bits per heavy atom. The third kappa shape index (κ3) is 2.94. The Kier molecular flexibility index (Phi) is 4.07. The number of fused-ring (bicyclic) bond motifs is 2. The van der Waals surface area contributed by atoms with Crippen LogP contribution >= 0.6 is 34.7 Å². The SMILES string of the molecule is N#C/C(=C\c1cc2c(cc1Cl)OCO2)Sc1nc2ccccc2s1. The van der Waals surface area contributed by atoms with Gasteiger partial charge in [-0.2, -0.15) is 5.26 Å². The smallest absolute Gasteiger partial charge is 0.231 e. The first-order valence-corrected chi connectivity index (χ1v) is 8.98. The minimum atomic E-state index is 0.185. The Morgan fingerprint density at radius 3 is 2.88 bits per heavy atom. The summed E-state index contributed by atoms with van der Waals surface area (Å²) >= 11 is 9.15. The minimum Gasteiger partial charge on any atom is -0.454 e. The molecule has 0 saturated carbocycles. The Labute approximate surface area is 151 Å². The molecule has 3 aromatic rings. The second-order valence-corrected chi connectivity index (χ2v) is 7.62. The molecule has 118 valence electrons. The van der Waals surface area contributed by atoms with Crippen LogP contribution in [0.3, 0.4) is 0 Å². The maximum absolute atomic E-state index is 9.45. The van der Waals surface area contributed by atoms with Gasteiger partial charge in [0.2, 0.25) is 6.79 Å². The third-order valence-electron chi connectivity index (χ3n) is 3.36. The van der Waals surface area contributed by atoms with E-state index in [0.29, 0.717) is 27.0 Å². The number of hydrogen-bond donors (Lipinski definition) is 0. The second kappa shape index (κ2) is 6.36. The van der Waals surface area contributed by atoms with Crippen molar-refractivity contribution in [2.24, 2.45) is 0 Å². The van der Waals surface area contributed by atoms with Crippen molar-refractivity contribution in [2.45, 2.75) is 4.34 Å². The summed E-state index contributed by atoms with van der Waals surface area (Å²) in [5.74, 6) is 1.25. The lowest BCUT2D eigenvalue weighted by Gasteiger charge is -2.02. The Morgan fingerprint density at radius 1 is 1.29 bits per heavy atom. The highest BCUT2D eigenvalue weighted by atomic mass is 35.5. The van der Waals surface area contributed by atoms with Crippen LogP contribution in [-0.2, 0) is 0 Å². The molecular weight excluding hydrogens is 364 g/mol. The van der Waals surface area contributed by atoms with Gasteiger partial charge >= 0.3 is 0 Å². The van der Waals surface area contributed by atoms with E-state index in [1.165, 1.54) is 11.8 Å². The maximum Gasteiger partial charge on any atom is 0.231 e. The number of thiazole rings is 1. The van der Waals surface area contributed by atoms with Crippen molar-refractivity contribution in [2.75, 3.05) is 6.79 Å². The van der Waals surface area contributed by atoms with Crippen LogP contribution < -0.4 is 9.47 Å². The van der Waals surface area contributed by atoms with E-state index in [9.17, 15) is 5.26 Å². The first-order valence-electron chi connectivity index (χ1n) is 6.97. The molecule has 7 heteroatoms. The molecule has 2 aromatic carbocycles. The number of thioether (sulfide) groups is 1. The van der Waals surface area contributed by atoms with Crippen LogP contribution in [0.25, 0.3) is 16.3 Å². The van der Waals surface area contributed by atoms with E-state index in [-0.39, 0.29) is 6.79 Å². The number of nitrogens with zero attached hydrogens (tertiary/aromatic N) is 2. The third-order valence-corrected chi connectivity index (χ3v) is 5.71. The molecule has 4 nitrogen and oxygen atoms in total. The van der Waals surface area contributed by atoms with Crippen molar-refractivity contribution in [1.82, 2.24) is 4.98 Å². The number of rotatable bonds is 3. The molecule has 0 amide bonds. The monoisotopic (exact) mass is 372 g/mol. The molecule has 1 aliphatic heterocycles. The van der Waals surface area contributed by atoms with Gasteiger partial charge in [-0.3, -0.25) is 0 Å². The largest absolute Gasteiger partial charge is 0.454 e. The van der Waals surface area contributed by atoms with Crippen LogP contribution in [0, 0.1) is 11.3 Å². The highest BCUT2D eigenvalue weighted by Gasteiger charge is 2.16. The van der Waals surface area contributed by atoms with Crippen molar-refractivity contribution in [1.29, 1.82) is 5.26 Å². The molecule has 4 rings (SSSR count). The van der Waals surface area contributed by atoms with Crippen LogP contribution in [0.15, 0.2) is 45.6 Å². The molecule has 24 heavy (non-hydrogen) atoms. The number of halogens is 1. The fraction of sp³-hybridized carbons (Fsp3) is 0.0588. The number of para-hydroxylation sites is 1. The minimum absolute atomic E-state index is 0.185. The summed E-state index contributed by atoms with van der Waals surface area (Å²) in [5.41, 5.74) is 1.65. The Balaban J connectivity index is 1.66. The van der Waals surface area contributed by atoms with Crippen LogP contribution in [0.4, 0.5) is 0 Å². The molecule has 0 fully saturated rings. The second-order valence-electron chi connectivity index (χ2n) is 4.90. The van der Waals surface area contributed by atoms with Gasteiger partial charge in [-0.25, -0.2) is 4.98 Å². The lowest BCUT2D eigenvalue weighted by Crippen LogP contribution is -1.92. The van der Waals surface area contributed by atoms with E-state index in [1.54, 1.807) is 29.5 Å². The van der Waals surface area contributed by atoms with Crippen molar-refractivity contribution in [3.05, 3.63) is 51.9 Å². The van der Waals surface area contributed by atoms with Gasteiger partial charge in [-0.15, -0.1) is 11.3 Å². The van der Waals surface area contributed by atoms with Gasteiger partial charge in [0.25, 0.3) is 0 Å². The topological polar surface area (TPSA) is 55.1 Å². The highest BCUT2D eigenvalue weighted by Crippen LogP contribution is 2.39. The summed E-state index contributed by atoms with van der Waals surface area (Å²) < 4.78 is 12.6.